The van der Waals surface area contributed by atoms with Crippen LogP contribution >= 0.6 is 0 Å². The van der Waals surface area contributed by atoms with Gasteiger partial charge in [0.05, 0.1) is 28.2 Å². The Hall–Kier alpha value is -2.66. The van der Waals surface area contributed by atoms with Gasteiger partial charge in [0.25, 0.3) is 0 Å². The molecule has 4 nitrogen and oxygen atoms in total. The third-order valence-electron chi connectivity index (χ3n) is 5.92. The van der Waals surface area contributed by atoms with Gasteiger partial charge in [-0.25, -0.2) is 0 Å². The van der Waals surface area contributed by atoms with Crippen molar-refractivity contribution in [1.29, 1.82) is 0 Å². The summed E-state index contributed by atoms with van der Waals surface area (Å²) in [7, 11) is 0. The maximum atomic E-state index is 11.2. The number of nitrogens with zero attached hydrogens (tertiary/aromatic N) is 1. The van der Waals surface area contributed by atoms with Crippen molar-refractivity contribution in [2.24, 2.45) is 0 Å². The summed E-state index contributed by atoms with van der Waals surface area (Å²) in [5, 5.41) is 33.4. The van der Waals surface area contributed by atoms with Gasteiger partial charge in [-0.1, -0.05) is 53.6 Å². The molecule has 0 bridgehead atoms. The molecule has 0 aliphatic heterocycles. The monoisotopic (exact) mass is 447 g/mol. The van der Waals surface area contributed by atoms with Gasteiger partial charge in [0, 0.05) is 22.4 Å². The molecule has 0 radical (unpaired) electrons. The Morgan fingerprint density at radius 1 is 0.576 bits per heavy atom. The summed E-state index contributed by atoms with van der Waals surface area (Å²) >= 11 is 0. The fourth-order valence-electron chi connectivity index (χ4n) is 4.19. The molecule has 176 valence electrons. The maximum absolute atomic E-state index is 11.2. The van der Waals surface area contributed by atoms with Gasteiger partial charge in [0.1, 0.15) is 0 Å². The highest BCUT2D eigenvalue weighted by atomic mass is 16.3. The minimum Gasteiger partial charge on any atom is -0.386 e. The SMILES string of the molecule is Cc1ccc(N(c2ccc(C)cc2C(C)(C)O)c2c(C(C)(C)O)cccc2C(C)(C)O)cc1. The van der Waals surface area contributed by atoms with Gasteiger partial charge >= 0.3 is 0 Å². The van der Waals surface area contributed by atoms with Crippen LogP contribution in [0.2, 0.25) is 0 Å². The first kappa shape index (κ1) is 25.0. The lowest BCUT2D eigenvalue weighted by atomic mass is 9.86. The van der Waals surface area contributed by atoms with Gasteiger partial charge < -0.3 is 20.2 Å². The van der Waals surface area contributed by atoms with Crippen molar-refractivity contribution in [2.75, 3.05) is 4.90 Å². The minimum atomic E-state index is -1.17. The molecule has 3 aromatic rings. The second-order valence-corrected chi connectivity index (χ2v) is 10.6. The molecule has 0 amide bonds. The van der Waals surface area contributed by atoms with E-state index >= 15 is 0 Å². The van der Waals surface area contributed by atoms with Crippen molar-refractivity contribution < 1.29 is 15.3 Å². The average molecular weight is 448 g/mol. The van der Waals surface area contributed by atoms with Crippen LogP contribution in [0.1, 0.15) is 69.4 Å². The zero-order valence-electron chi connectivity index (χ0n) is 21.1. The summed E-state index contributed by atoms with van der Waals surface area (Å²) in [5.74, 6) is 0. The second kappa shape index (κ2) is 8.60. The summed E-state index contributed by atoms with van der Waals surface area (Å²) in [4.78, 5) is 2.05. The van der Waals surface area contributed by atoms with E-state index in [1.807, 2.05) is 79.4 Å². The molecular formula is C29H37NO3. The van der Waals surface area contributed by atoms with Crippen LogP contribution in [0.5, 0.6) is 0 Å². The lowest BCUT2D eigenvalue weighted by Gasteiger charge is -2.38. The Morgan fingerprint density at radius 2 is 1.03 bits per heavy atom. The van der Waals surface area contributed by atoms with E-state index in [4.69, 9.17) is 0 Å². The number of aryl methyl sites for hydroxylation is 2. The number of aliphatic hydroxyl groups is 3. The van der Waals surface area contributed by atoms with Crippen molar-refractivity contribution in [1.82, 2.24) is 0 Å². The predicted octanol–water partition coefficient (Wildman–Crippen LogP) is 6.46. The quantitative estimate of drug-likeness (QED) is 0.406. The van der Waals surface area contributed by atoms with Gasteiger partial charge in [-0.15, -0.1) is 0 Å². The molecule has 3 rings (SSSR count). The first-order valence-corrected chi connectivity index (χ1v) is 11.4. The van der Waals surface area contributed by atoms with E-state index in [9.17, 15) is 15.3 Å². The third-order valence-corrected chi connectivity index (χ3v) is 5.92. The highest BCUT2D eigenvalue weighted by Gasteiger charge is 2.34. The molecule has 33 heavy (non-hydrogen) atoms. The molecular weight excluding hydrogens is 410 g/mol. The van der Waals surface area contributed by atoms with Crippen LogP contribution in [0.3, 0.4) is 0 Å². The largest absolute Gasteiger partial charge is 0.386 e. The first-order valence-electron chi connectivity index (χ1n) is 11.4. The number of anilines is 3. The van der Waals surface area contributed by atoms with E-state index in [1.165, 1.54) is 0 Å². The number of hydrogen-bond donors (Lipinski definition) is 3. The van der Waals surface area contributed by atoms with Crippen molar-refractivity contribution in [3.05, 3.63) is 88.5 Å². The molecule has 0 aliphatic carbocycles. The van der Waals surface area contributed by atoms with Gasteiger partial charge in [-0.2, -0.15) is 0 Å². The Balaban J connectivity index is 2.51. The number of benzene rings is 3. The fourth-order valence-corrected chi connectivity index (χ4v) is 4.19. The van der Waals surface area contributed by atoms with Crippen LogP contribution in [0.4, 0.5) is 17.1 Å². The molecule has 0 unspecified atom stereocenters. The van der Waals surface area contributed by atoms with Gasteiger partial charge in [0.15, 0.2) is 0 Å². The van der Waals surface area contributed by atoms with E-state index in [-0.39, 0.29) is 0 Å². The zero-order chi connectivity index (χ0) is 24.8. The van der Waals surface area contributed by atoms with E-state index in [1.54, 1.807) is 41.5 Å². The summed E-state index contributed by atoms with van der Waals surface area (Å²) in [6.45, 7) is 14.6. The smallest absolute Gasteiger partial charge is 0.0860 e. The summed E-state index contributed by atoms with van der Waals surface area (Å²) in [6, 6.07) is 19.8. The Labute approximate surface area is 198 Å². The molecule has 0 aliphatic rings. The van der Waals surface area contributed by atoms with Crippen LogP contribution in [-0.2, 0) is 16.8 Å². The fraction of sp³-hybridized carbons (Fsp3) is 0.379. The number of rotatable bonds is 6. The van der Waals surface area contributed by atoms with Crippen LogP contribution < -0.4 is 4.90 Å². The molecule has 0 aromatic heterocycles. The molecule has 0 atom stereocenters. The predicted molar refractivity (Wildman–Crippen MR) is 136 cm³/mol. The average Bonchev–Trinajstić information content (AvgIpc) is 2.68. The van der Waals surface area contributed by atoms with Gasteiger partial charge in [-0.3, -0.25) is 0 Å². The molecule has 0 fully saturated rings. The highest BCUT2D eigenvalue weighted by molar-refractivity contribution is 5.83. The van der Waals surface area contributed by atoms with Crippen molar-refractivity contribution >= 4 is 17.1 Å². The van der Waals surface area contributed by atoms with Crippen molar-refractivity contribution in [2.45, 2.75) is 72.2 Å². The zero-order valence-corrected chi connectivity index (χ0v) is 21.1. The van der Waals surface area contributed by atoms with E-state index in [0.29, 0.717) is 16.8 Å². The Kier molecular flexibility index (Phi) is 6.51. The normalized spacial score (nSPS) is 12.7. The lowest BCUT2D eigenvalue weighted by Crippen LogP contribution is -2.28. The third kappa shape index (κ3) is 5.30. The van der Waals surface area contributed by atoms with Crippen LogP contribution in [0, 0.1) is 13.8 Å². The molecule has 0 saturated heterocycles. The Morgan fingerprint density at radius 3 is 1.48 bits per heavy atom. The first-order chi connectivity index (χ1) is 15.1. The molecule has 3 N–H and O–H groups in total. The molecule has 4 heteroatoms. The van der Waals surface area contributed by atoms with Crippen LogP contribution in [0.25, 0.3) is 0 Å². The van der Waals surface area contributed by atoms with Gasteiger partial charge in [0.2, 0.25) is 0 Å². The molecule has 0 spiro atoms. The van der Waals surface area contributed by atoms with E-state index in [0.717, 1.165) is 28.1 Å². The minimum absolute atomic E-state index is 0.685. The maximum Gasteiger partial charge on any atom is 0.0860 e. The number of hydrogen-bond acceptors (Lipinski definition) is 4. The summed E-state index contributed by atoms with van der Waals surface area (Å²) in [6.07, 6.45) is 0. The lowest BCUT2D eigenvalue weighted by molar-refractivity contribution is 0.0730. The summed E-state index contributed by atoms with van der Waals surface area (Å²) < 4.78 is 0. The number of para-hydroxylation sites is 1. The molecule has 3 aromatic carbocycles. The summed E-state index contributed by atoms with van der Waals surface area (Å²) in [5.41, 5.74) is 3.22. The van der Waals surface area contributed by atoms with Crippen molar-refractivity contribution in [3.63, 3.8) is 0 Å². The van der Waals surface area contributed by atoms with Crippen LogP contribution in [0.15, 0.2) is 60.7 Å². The van der Waals surface area contributed by atoms with E-state index in [2.05, 4.69) is 0 Å². The van der Waals surface area contributed by atoms with Crippen molar-refractivity contribution in [3.8, 4) is 0 Å². The topological polar surface area (TPSA) is 63.9 Å². The van der Waals surface area contributed by atoms with Crippen LogP contribution in [-0.4, -0.2) is 15.3 Å². The van der Waals surface area contributed by atoms with Gasteiger partial charge in [-0.05, 0) is 73.6 Å². The molecule has 0 saturated carbocycles. The second-order valence-electron chi connectivity index (χ2n) is 10.6. The molecule has 0 heterocycles. The standard InChI is InChI=1S/C29H37NO3/c1-19-12-15-21(16-13-19)30(25-17-14-20(2)18-24(25)29(7,8)33)26-22(27(3,4)31)10-9-11-23(26)28(5,6)32/h9-18,31-33H,1-8H3. The Bertz CT molecular complexity index is 1100. The van der Waals surface area contributed by atoms with E-state index < -0.39 is 16.8 Å². The highest BCUT2D eigenvalue weighted by Crippen LogP contribution is 2.47.